The molecule has 0 spiro atoms. The van der Waals surface area contributed by atoms with Crippen LogP contribution in [-0.4, -0.2) is 42.4 Å². The molecule has 19 heavy (non-hydrogen) atoms. The Kier molecular flexibility index (Phi) is 4.83. The van der Waals surface area contributed by atoms with Gasteiger partial charge in [0.2, 0.25) is 0 Å². The molecule has 1 aromatic rings. The van der Waals surface area contributed by atoms with E-state index in [0.717, 1.165) is 25.4 Å². The van der Waals surface area contributed by atoms with Crippen molar-refractivity contribution in [2.45, 2.75) is 39.7 Å². The second-order valence-corrected chi connectivity index (χ2v) is 5.68. The van der Waals surface area contributed by atoms with Crippen LogP contribution in [0.1, 0.15) is 29.5 Å². The summed E-state index contributed by atoms with van der Waals surface area (Å²) in [4.78, 5) is 2.31. The number of aryl methyl sites for hydroxylation is 2. The van der Waals surface area contributed by atoms with E-state index in [0.29, 0.717) is 6.61 Å². The number of rotatable bonds is 5. The topological polar surface area (TPSA) is 32.7 Å². The highest BCUT2D eigenvalue weighted by atomic mass is 16.5. The van der Waals surface area contributed by atoms with Crippen molar-refractivity contribution in [3.63, 3.8) is 0 Å². The molecule has 1 fully saturated rings. The monoisotopic (exact) mass is 263 g/mol. The molecule has 0 unspecified atom stereocenters. The van der Waals surface area contributed by atoms with E-state index in [4.69, 9.17) is 4.74 Å². The Bertz CT molecular complexity index is 425. The highest BCUT2D eigenvalue weighted by molar-refractivity contribution is 5.41. The van der Waals surface area contributed by atoms with E-state index in [9.17, 15) is 5.11 Å². The lowest BCUT2D eigenvalue weighted by Crippen LogP contribution is -2.33. The Balaban J connectivity index is 1.87. The lowest BCUT2D eigenvalue weighted by molar-refractivity contribution is 0.0755. The van der Waals surface area contributed by atoms with Gasteiger partial charge < -0.3 is 14.7 Å². The Hall–Kier alpha value is -1.06. The van der Waals surface area contributed by atoms with E-state index in [1.165, 1.54) is 29.5 Å². The van der Waals surface area contributed by atoms with Gasteiger partial charge in [-0.3, -0.25) is 0 Å². The Morgan fingerprint density at radius 3 is 2.58 bits per heavy atom. The van der Waals surface area contributed by atoms with Gasteiger partial charge in [-0.25, -0.2) is 0 Å². The fourth-order valence-corrected chi connectivity index (χ4v) is 2.65. The predicted octanol–water partition coefficient (Wildman–Crippen LogP) is 2.45. The first-order valence-electron chi connectivity index (χ1n) is 7.17. The van der Waals surface area contributed by atoms with Gasteiger partial charge in [-0.1, -0.05) is 6.07 Å². The fraction of sp³-hybridized carbons (Fsp3) is 0.625. The Morgan fingerprint density at radius 2 is 1.89 bits per heavy atom. The maximum Gasteiger partial charge on any atom is 0.122 e. The molecule has 0 radical (unpaired) electrons. The van der Waals surface area contributed by atoms with Crippen molar-refractivity contribution in [3.8, 4) is 5.75 Å². The summed E-state index contributed by atoms with van der Waals surface area (Å²) in [5.41, 5.74) is 3.61. The van der Waals surface area contributed by atoms with Crippen molar-refractivity contribution in [2.24, 2.45) is 0 Å². The zero-order chi connectivity index (χ0) is 13.8. The smallest absolute Gasteiger partial charge is 0.122 e. The van der Waals surface area contributed by atoms with Gasteiger partial charge in [-0.05, 0) is 69.5 Å². The highest BCUT2D eigenvalue weighted by Crippen LogP contribution is 2.23. The van der Waals surface area contributed by atoms with Crippen LogP contribution in [0.2, 0.25) is 0 Å². The van der Waals surface area contributed by atoms with Crippen molar-refractivity contribution in [1.29, 1.82) is 0 Å². The quantitative estimate of drug-likeness (QED) is 0.885. The lowest BCUT2D eigenvalue weighted by Gasteiger charge is -2.20. The van der Waals surface area contributed by atoms with Crippen LogP contribution in [0.25, 0.3) is 0 Å². The van der Waals surface area contributed by atoms with E-state index in [1.807, 2.05) is 6.07 Å². The summed E-state index contributed by atoms with van der Waals surface area (Å²) in [6.45, 7) is 9.55. The van der Waals surface area contributed by atoms with Crippen molar-refractivity contribution in [3.05, 3.63) is 28.8 Å². The standard InChI is InChI=1S/C16H25NO2/c1-12-8-13(2)14(3)16(9-12)19-11-15(18)10-17-6-4-5-7-17/h8-9,15,18H,4-7,10-11H2,1-3H3/t15-/m1/s1. The van der Waals surface area contributed by atoms with Gasteiger partial charge in [0.1, 0.15) is 18.5 Å². The van der Waals surface area contributed by atoms with Crippen molar-refractivity contribution < 1.29 is 9.84 Å². The zero-order valence-electron chi connectivity index (χ0n) is 12.3. The first-order valence-corrected chi connectivity index (χ1v) is 7.17. The molecule has 2 rings (SSSR count). The molecule has 1 heterocycles. The molecule has 1 aromatic carbocycles. The number of aliphatic hydroxyl groups excluding tert-OH is 1. The molecule has 1 N–H and O–H groups in total. The van der Waals surface area contributed by atoms with Crippen LogP contribution in [0, 0.1) is 20.8 Å². The number of aliphatic hydroxyl groups is 1. The van der Waals surface area contributed by atoms with Crippen LogP contribution in [0.15, 0.2) is 12.1 Å². The van der Waals surface area contributed by atoms with Gasteiger partial charge in [0.25, 0.3) is 0 Å². The number of β-amino-alcohol motifs (C(OH)–C–C–N with tert-alkyl or cyclic N) is 1. The minimum Gasteiger partial charge on any atom is -0.491 e. The van der Waals surface area contributed by atoms with Crippen LogP contribution >= 0.6 is 0 Å². The zero-order valence-corrected chi connectivity index (χ0v) is 12.3. The molecule has 1 saturated heterocycles. The molecule has 0 saturated carbocycles. The fourth-order valence-electron chi connectivity index (χ4n) is 2.65. The van der Waals surface area contributed by atoms with Crippen LogP contribution in [0.3, 0.4) is 0 Å². The van der Waals surface area contributed by atoms with Gasteiger partial charge in [0.15, 0.2) is 0 Å². The van der Waals surface area contributed by atoms with E-state index < -0.39 is 6.10 Å². The van der Waals surface area contributed by atoms with Crippen molar-refractivity contribution >= 4 is 0 Å². The molecule has 0 aromatic heterocycles. The molecular formula is C16H25NO2. The van der Waals surface area contributed by atoms with E-state index in [2.05, 4.69) is 31.7 Å². The average Bonchev–Trinajstić information content (AvgIpc) is 2.84. The molecule has 1 aliphatic heterocycles. The third-order valence-corrected chi connectivity index (χ3v) is 3.86. The molecule has 3 heteroatoms. The first kappa shape index (κ1) is 14.4. The predicted molar refractivity (Wildman–Crippen MR) is 77.8 cm³/mol. The molecule has 1 atom stereocenters. The summed E-state index contributed by atoms with van der Waals surface area (Å²) >= 11 is 0. The van der Waals surface area contributed by atoms with Crippen molar-refractivity contribution in [1.82, 2.24) is 4.90 Å². The van der Waals surface area contributed by atoms with Gasteiger partial charge in [-0.15, -0.1) is 0 Å². The highest BCUT2D eigenvalue weighted by Gasteiger charge is 2.16. The number of benzene rings is 1. The van der Waals surface area contributed by atoms with E-state index >= 15 is 0 Å². The van der Waals surface area contributed by atoms with Crippen LogP contribution < -0.4 is 4.74 Å². The first-order chi connectivity index (χ1) is 9.06. The van der Waals surface area contributed by atoms with Crippen LogP contribution in [-0.2, 0) is 0 Å². The summed E-state index contributed by atoms with van der Waals surface area (Å²) in [7, 11) is 0. The molecule has 106 valence electrons. The maximum absolute atomic E-state index is 10.0. The third kappa shape index (κ3) is 3.95. The lowest BCUT2D eigenvalue weighted by atomic mass is 10.1. The normalized spacial score (nSPS) is 17.7. The summed E-state index contributed by atoms with van der Waals surface area (Å²) < 4.78 is 5.79. The molecule has 0 aliphatic carbocycles. The summed E-state index contributed by atoms with van der Waals surface area (Å²) in [6, 6.07) is 4.20. The number of likely N-dealkylation sites (tertiary alicyclic amines) is 1. The van der Waals surface area contributed by atoms with Crippen LogP contribution in [0.4, 0.5) is 0 Å². The third-order valence-electron chi connectivity index (χ3n) is 3.86. The molecule has 0 amide bonds. The minimum absolute atomic E-state index is 0.375. The van der Waals surface area contributed by atoms with Gasteiger partial charge >= 0.3 is 0 Å². The molecular weight excluding hydrogens is 238 g/mol. The van der Waals surface area contributed by atoms with Gasteiger partial charge in [0.05, 0.1) is 0 Å². The number of nitrogens with zero attached hydrogens (tertiary/aromatic N) is 1. The second-order valence-electron chi connectivity index (χ2n) is 5.68. The molecule has 1 aliphatic rings. The average molecular weight is 263 g/mol. The van der Waals surface area contributed by atoms with E-state index in [1.54, 1.807) is 0 Å². The summed E-state index contributed by atoms with van der Waals surface area (Å²) in [5, 5.41) is 10.0. The summed E-state index contributed by atoms with van der Waals surface area (Å²) in [5.74, 6) is 0.901. The number of hydrogen-bond acceptors (Lipinski definition) is 3. The van der Waals surface area contributed by atoms with Crippen LogP contribution in [0.5, 0.6) is 5.75 Å². The van der Waals surface area contributed by atoms with Crippen molar-refractivity contribution in [2.75, 3.05) is 26.2 Å². The Labute approximate surface area is 116 Å². The van der Waals surface area contributed by atoms with E-state index in [-0.39, 0.29) is 0 Å². The SMILES string of the molecule is Cc1cc(C)c(C)c(OC[C@H](O)CN2CCCC2)c1. The minimum atomic E-state index is -0.404. The maximum atomic E-state index is 10.0. The Morgan fingerprint density at radius 1 is 1.21 bits per heavy atom. The molecule has 3 nitrogen and oxygen atoms in total. The molecule has 0 bridgehead atoms. The number of ether oxygens (including phenoxy) is 1. The van der Waals surface area contributed by atoms with Gasteiger partial charge in [0, 0.05) is 6.54 Å². The number of hydrogen-bond donors (Lipinski definition) is 1. The largest absolute Gasteiger partial charge is 0.491 e. The second kappa shape index (κ2) is 6.40. The van der Waals surface area contributed by atoms with Gasteiger partial charge in [-0.2, -0.15) is 0 Å². The summed E-state index contributed by atoms with van der Waals surface area (Å²) in [6.07, 6.45) is 2.10.